The van der Waals surface area contributed by atoms with Crippen molar-refractivity contribution >= 4 is 17.6 Å². The maximum absolute atomic E-state index is 10.7. The number of halogens is 1. The third-order valence-electron chi connectivity index (χ3n) is 1.07. The third-order valence-corrected chi connectivity index (χ3v) is 1.25. The largest absolute Gasteiger partial charge is 0.465 e. The van der Waals surface area contributed by atoms with Gasteiger partial charge in [-0.3, -0.25) is 4.79 Å². The lowest BCUT2D eigenvalue weighted by Gasteiger charge is -2.03. The van der Waals surface area contributed by atoms with E-state index in [1.165, 1.54) is 0 Å². The molecule has 0 aliphatic rings. The third kappa shape index (κ3) is 4.62. The topological polar surface area (TPSA) is 26.3 Å². The predicted molar refractivity (Wildman–Crippen MR) is 41.2 cm³/mol. The average Bonchev–Trinajstić information content (AvgIpc) is 1.88. The first-order valence-electron chi connectivity index (χ1n) is 3.49. The van der Waals surface area contributed by atoms with Gasteiger partial charge in [0.1, 0.15) is 5.38 Å². The van der Waals surface area contributed by atoms with Gasteiger partial charge in [0.15, 0.2) is 0 Å². The Morgan fingerprint density at radius 2 is 2.30 bits per heavy atom. The summed E-state index contributed by atoms with van der Waals surface area (Å²) in [5.41, 5.74) is 0. The molecule has 0 unspecified atom stereocenters. The van der Waals surface area contributed by atoms with Crippen LogP contribution in [0.15, 0.2) is 0 Å². The maximum Gasteiger partial charge on any atom is 0.323 e. The molecule has 0 aromatic carbocycles. The SMILES string of the molecule is CCCCOC(=O)[C@H](C)Cl. The fourth-order valence-corrected chi connectivity index (χ4v) is 0.495. The van der Waals surface area contributed by atoms with Crippen molar-refractivity contribution in [2.75, 3.05) is 6.61 Å². The molecule has 0 aromatic heterocycles. The molecule has 60 valence electrons. The molecule has 0 saturated carbocycles. The highest BCUT2D eigenvalue weighted by molar-refractivity contribution is 6.29. The van der Waals surface area contributed by atoms with Gasteiger partial charge in [-0.25, -0.2) is 0 Å². The quantitative estimate of drug-likeness (QED) is 0.361. The molecule has 0 N–H and O–H groups in total. The number of rotatable bonds is 4. The summed E-state index contributed by atoms with van der Waals surface area (Å²) in [6.07, 6.45) is 1.94. The molecule has 0 fully saturated rings. The fraction of sp³-hybridized carbons (Fsp3) is 0.857. The van der Waals surface area contributed by atoms with Crippen molar-refractivity contribution in [3.8, 4) is 0 Å². The molecule has 1 atom stereocenters. The summed E-state index contributed by atoms with van der Waals surface area (Å²) in [5.74, 6) is -0.324. The molecule has 0 bridgehead atoms. The number of hydrogen-bond acceptors (Lipinski definition) is 2. The zero-order valence-electron chi connectivity index (χ0n) is 6.39. The highest BCUT2D eigenvalue weighted by Crippen LogP contribution is 1.97. The van der Waals surface area contributed by atoms with E-state index in [4.69, 9.17) is 16.3 Å². The second kappa shape index (κ2) is 5.54. The van der Waals surface area contributed by atoms with Gasteiger partial charge in [-0.05, 0) is 13.3 Å². The lowest BCUT2D eigenvalue weighted by Crippen LogP contribution is -2.14. The molecule has 10 heavy (non-hydrogen) atoms. The van der Waals surface area contributed by atoms with E-state index >= 15 is 0 Å². The van der Waals surface area contributed by atoms with Crippen LogP contribution in [0.5, 0.6) is 0 Å². The Hall–Kier alpha value is -0.240. The van der Waals surface area contributed by atoms with Gasteiger partial charge in [0, 0.05) is 0 Å². The van der Waals surface area contributed by atoms with Crippen LogP contribution in [0.25, 0.3) is 0 Å². The van der Waals surface area contributed by atoms with Gasteiger partial charge < -0.3 is 4.74 Å². The molecule has 0 aromatic rings. The Kier molecular flexibility index (Phi) is 5.40. The number of unbranched alkanes of at least 4 members (excludes halogenated alkanes) is 1. The van der Waals surface area contributed by atoms with Crippen molar-refractivity contribution in [3.63, 3.8) is 0 Å². The standard InChI is InChI=1S/C7H13ClO2/c1-3-4-5-10-7(9)6(2)8/h6H,3-5H2,1-2H3/t6-/m0/s1. The predicted octanol–water partition coefficient (Wildman–Crippen LogP) is 1.96. The van der Waals surface area contributed by atoms with Gasteiger partial charge in [0.25, 0.3) is 0 Å². The minimum absolute atomic E-state index is 0.324. The van der Waals surface area contributed by atoms with Crippen LogP contribution >= 0.6 is 11.6 Å². The Morgan fingerprint density at radius 1 is 1.70 bits per heavy atom. The molecule has 0 spiro atoms. The first-order chi connectivity index (χ1) is 4.68. The molecule has 0 heterocycles. The van der Waals surface area contributed by atoms with E-state index in [0.717, 1.165) is 12.8 Å². The highest BCUT2D eigenvalue weighted by atomic mass is 35.5. The number of carbonyl (C=O) groups excluding carboxylic acids is 1. The van der Waals surface area contributed by atoms with Crippen molar-refractivity contribution in [2.45, 2.75) is 32.1 Å². The summed E-state index contributed by atoms with van der Waals surface area (Å²) in [5, 5.41) is -0.517. The number of alkyl halides is 1. The van der Waals surface area contributed by atoms with Gasteiger partial charge in [-0.15, -0.1) is 11.6 Å². The first kappa shape index (κ1) is 9.76. The van der Waals surface area contributed by atoms with Crippen molar-refractivity contribution < 1.29 is 9.53 Å². The molecule has 0 aliphatic carbocycles. The Labute approximate surface area is 66.5 Å². The smallest absolute Gasteiger partial charge is 0.323 e. The molecule has 0 saturated heterocycles. The average molecular weight is 165 g/mol. The van der Waals surface area contributed by atoms with Crippen molar-refractivity contribution in [1.82, 2.24) is 0 Å². The van der Waals surface area contributed by atoms with Crippen LogP contribution in [0.2, 0.25) is 0 Å². The monoisotopic (exact) mass is 164 g/mol. The lowest BCUT2D eigenvalue weighted by atomic mass is 10.4. The van der Waals surface area contributed by atoms with Gasteiger partial charge in [0.2, 0.25) is 0 Å². The molecule has 3 heteroatoms. The molecule has 0 rings (SSSR count). The number of carbonyl (C=O) groups is 1. The first-order valence-corrected chi connectivity index (χ1v) is 3.92. The second-order valence-corrected chi connectivity index (χ2v) is 2.79. The highest BCUT2D eigenvalue weighted by Gasteiger charge is 2.08. The van der Waals surface area contributed by atoms with Gasteiger partial charge in [-0.2, -0.15) is 0 Å². The van der Waals surface area contributed by atoms with Crippen LogP contribution in [-0.2, 0) is 9.53 Å². The van der Waals surface area contributed by atoms with Crippen LogP contribution in [0.4, 0.5) is 0 Å². The zero-order chi connectivity index (χ0) is 7.98. The minimum atomic E-state index is -0.517. The van der Waals surface area contributed by atoms with E-state index in [0.29, 0.717) is 6.61 Å². The van der Waals surface area contributed by atoms with E-state index in [1.54, 1.807) is 6.92 Å². The van der Waals surface area contributed by atoms with Crippen LogP contribution in [0, 0.1) is 0 Å². The molecular formula is C7H13ClO2. The Bertz CT molecular complexity index is 102. The molecule has 2 nitrogen and oxygen atoms in total. The molecular weight excluding hydrogens is 152 g/mol. The summed E-state index contributed by atoms with van der Waals surface area (Å²) >= 11 is 5.43. The minimum Gasteiger partial charge on any atom is -0.465 e. The summed E-state index contributed by atoms with van der Waals surface area (Å²) < 4.78 is 4.77. The van der Waals surface area contributed by atoms with Crippen molar-refractivity contribution in [2.24, 2.45) is 0 Å². The zero-order valence-corrected chi connectivity index (χ0v) is 7.15. The normalized spacial score (nSPS) is 12.7. The van der Waals surface area contributed by atoms with E-state index < -0.39 is 5.38 Å². The molecule has 0 radical (unpaired) electrons. The van der Waals surface area contributed by atoms with Crippen LogP contribution in [0.1, 0.15) is 26.7 Å². The van der Waals surface area contributed by atoms with Gasteiger partial charge >= 0.3 is 5.97 Å². The number of ether oxygens (including phenoxy) is 1. The van der Waals surface area contributed by atoms with Gasteiger partial charge in [-0.1, -0.05) is 13.3 Å². The van der Waals surface area contributed by atoms with Crippen molar-refractivity contribution in [3.05, 3.63) is 0 Å². The van der Waals surface area contributed by atoms with Crippen molar-refractivity contribution in [1.29, 1.82) is 0 Å². The van der Waals surface area contributed by atoms with Crippen LogP contribution < -0.4 is 0 Å². The van der Waals surface area contributed by atoms with E-state index in [-0.39, 0.29) is 5.97 Å². The molecule has 0 amide bonds. The fourth-order valence-electron chi connectivity index (χ4n) is 0.432. The Balaban J connectivity index is 3.22. The summed E-state index contributed by atoms with van der Waals surface area (Å²) in [6, 6.07) is 0. The van der Waals surface area contributed by atoms with Crippen LogP contribution in [-0.4, -0.2) is 18.0 Å². The summed E-state index contributed by atoms with van der Waals surface area (Å²) in [4.78, 5) is 10.7. The van der Waals surface area contributed by atoms with E-state index in [1.807, 2.05) is 6.92 Å². The van der Waals surface area contributed by atoms with E-state index in [9.17, 15) is 4.79 Å². The molecule has 0 aliphatic heterocycles. The van der Waals surface area contributed by atoms with Gasteiger partial charge in [0.05, 0.1) is 6.61 Å². The Morgan fingerprint density at radius 3 is 2.70 bits per heavy atom. The van der Waals surface area contributed by atoms with E-state index in [2.05, 4.69) is 0 Å². The summed E-state index contributed by atoms with van der Waals surface area (Å²) in [6.45, 7) is 4.14. The number of hydrogen-bond donors (Lipinski definition) is 0. The second-order valence-electron chi connectivity index (χ2n) is 2.14. The van der Waals surface area contributed by atoms with Crippen LogP contribution in [0.3, 0.4) is 0 Å². The maximum atomic E-state index is 10.7. The summed E-state index contributed by atoms with van der Waals surface area (Å²) in [7, 11) is 0. The lowest BCUT2D eigenvalue weighted by molar-refractivity contribution is -0.142. The number of esters is 1.